The van der Waals surface area contributed by atoms with Gasteiger partial charge in [0.25, 0.3) is 5.69 Å². The average Bonchev–Trinajstić information content (AvgIpc) is 2.59. The predicted molar refractivity (Wildman–Crippen MR) is 94.2 cm³/mol. The lowest BCUT2D eigenvalue weighted by Crippen LogP contribution is -2.38. The number of hydrogen-bond acceptors (Lipinski definition) is 5. The molecular formula is C16H16ClN3O4S. The molecule has 3 rings (SSSR count). The van der Waals surface area contributed by atoms with E-state index in [2.05, 4.69) is 10.0 Å². The van der Waals surface area contributed by atoms with Crippen LogP contribution in [0.2, 0.25) is 5.02 Å². The first-order valence-corrected chi connectivity index (χ1v) is 9.49. The van der Waals surface area contributed by atoms with Gasteiger partial charge in [-0.25, -0.2) is 13.1 Å². The summed E-state index contributed by atoms with van der Waals surface area (Å²) in [7, 11) is -4.04. The first-order valence-electron chi connectivity index (χ1n) is 7.63. The highest BCUT2D eigenvalue weighted by Gasteiger charge is 2.28. The van der Waals surface area contributed by atoms with E-state index in [4.69, 9.17) is 11.6 Å². The van der Waals surface area contributed by atoms with Crippen LogP contribution in [-0.2, 0) is 16.4 Å². The first-order chi connectivity index (χ1) is 11.9. The van der Waals surface area contributed by atoms with Gasteiger partial charge in [0.15, 0.2) is 4.90 Å². The third-order valence-electron chi connectivity index (χ3n) is 4.10. The number of nitro benzene ring substituents is 1. The van der Waals surface area contributed by atoms with E-state index in [9.17, 15) is 18.5 Å². The molecule has 0 aromatic heterocycles. The van der Waals surface area contributed by atoms with E-state index in [0.29, 0.717) is 0 Å². The van der Waals surface area contributed by atoms with Crippen LogP contribution in [0.4, 0.5) is 5.69 Å². The van der Waals surface area contributed by atoms with Gasteiger partial charge in [-0.3, -0.25) is 10.1 Å². The molecule has 1 unspecified atom stereocenters. The lowest BCUT2D eigenvalue weighted by molar-refractivity contribution is -0.387. The number of nitro groups is 1. The van der Waals surface area contributed by atoms with E-state index in [0.717, 1.165) is 30.7 Å². The molecule has 0 spiro atoms. The Labute approximate surface area is 150 Å². The quantitative estimate of drug-likeness (QED) is 0.611. The molecule has 0 aliphatic carbocycles. The molecule has 7 nitrogen and oxygen atoms in total. The van der Waals surface area contributed by atoms with Gasteiger partial charge in [-0.2, -0.15) is 0 Å². The molecule has 2 aromatic carbocycles. The van der Waals surface area contributed by atoms with Crippen molar-refractivity contribution in [1.29, 1.82) is 0 Å². The number of fused-ring (bicyclic) bond motifs is 1. The molecule has 1 atom stereocenters. The van der Waals surface area contributed by atoms with Gasteiger partial charge in [-0.15, -0.1) is 0 Å². The second kappa shape index (κ2) is 7.09. The van der Waals surface area contributed by atoms with Gasteiger partial charge in [0.1, 0.15) is 0 Å². The highest BCUT2D eigenvalue weighted by Crippen LogP contribution is 2.28. The van der Waals surface area contributed by atoms with Gasteiger partial charge < -0.3 is 5.32 Å². The lowest BCUT2D eigenvalue weighted by Gasteiger charge is -2.27. The van der Waals surface area contributed by atoms with Crippen molar-refractivity contribution in [2.75, 3.05) is 13.1 Å². The number of nitrogens with zero attached hydrogens (tertiary/aromatic N) is 1. The summed E-state index contributed by atoms with van der Waals surface area (Å²) in [6.07, 6.45) is 0.877. The summed E-state index contributed by atoms with van der Waals surface area (Å²) in [4.78, 5) is 9.98. The molecule has 0 radical (unpaired) electrons. The molecule has 9 heteroatoms. The molecule has 0 saturated carbocycles. The van der Waals surface area contributed by atoms with E-state index in [1.54, 1.807) is 0 Å². The normalized spacial score (nSPS) is 17.1. The van der Waals surface area contributed by atoms with Crippen molar-refractivity contribution in [2.45, 2.75) is 17.4 Å². The Morgan fingerprint density at radius 3 is 2.80 bits per heavy atom. The highest BCUT2D eigenvalue weighted by atomic mass is 35.5. The van der Waals surface area contributed by atoms with E-state index >= 15 is 0 Å². The van der Waals surface area contributed by atoms with Gasteiger partial charge in [0.05, 0.1) is 4.92 Å². The maximum Gasteiger partial charge on any atom is 0.290 e. The second-order valence-corrected chi connectivity index (χ2v) is 7.85. The van der Waals surface area contributed by atoms with Gasteiger partial charge in [0.2, 0.25) is 10.0 Å². The molecule has 132 valence electrons. The summed E-state index contributed by atoms with van der Waals surface area (Å²) in [5.74, 6) is 0. The van der Waals surface area contributed by atoms with Gasteiger partial charge >= 0.3 is 0 Å². The summed E-state index contributed by atoms with van der Waals surface area (Å²) in [5.41, 5.74) is 1.65. The van der Waals surface area contributed by atoms with E-state index in [1.807, 2.05) is 24.3 Å². The number of hydrogen-bond donors (Lipinski definition) is 2. The van der Waals surface area contributed by atoms with Crippen LogP contribution in [0.3, 0.4) is 0 Å². The highest BCUT2D eigenvalue weighted by molar-refractivity contribution is 7.89. The third-order valence-corrected chi connectivity index (χ3v) is 5.81. The minimum absolute atomic E-state index is 0.0964. The fourth-order valence-corrected chi connectivity index (χ4v) is 4.27. The molecule has 1 aliphatic heterocycles. The van der Waals surface area contributed by atoms with Crippen molar-refractivity contribution in [3.05, 3.63) is 68.7 Å². The van der Waals surface area contributed by atoms with Crippen molar-refractivity contribution in [1.82, 2.24) is 10.0 Å². The standard InChI is InChI=1S/C16H16ClN3O4S/c17-12-5-6-16(15(9-12)20(21)22)25(23,24)19-10-14-13-4-2-1-3-11(13)7-8-18-14/h1-6,9,14,18-19H,7-8,10H2. The van der Waals surface area contributed by atoms with Gasteiger partial charge in [-0.1, -0.05) is 35.9 Å². The summed E-state index contributed by atoms with van der Waals surface area (Å²) >= 11 is 5.74. The monoisotopic (exact) mass is 381 g/mol. The van der Waals surface area contributed by atoms with Gasteiger partial charge in [-0.05, 0) is 36.2 Å². The predicted octanol–water partition coefficient (Wildman–Crippen LogP) is 2.41. The van der Waals surface area contributed by atoms with Crippen LogP contribution in [-0.4, -0.2) is 26.4 Å². The van der Waals surface area contributed by atoms with Crippen molar-refractivity contribution in [2.24, 2.45) is 0 Å². The van der Waals surface area contributed by atoms with Crippen LogP contribution in [0.5, 0.6) is 0 Å². The molecule has 2 aromatic rings. The minimum Gasteiger partial charge on any atom is -0.308 e. The fourth-order valence-electron chi connectivity index (χ4n) is 2.91. The summed E-state index contributed by atoms with van der Waals surface area (Å²) in [6, 6.07) is 11.1. The topological polar surface area (TPSA) is 101 Å². The van der Waals surface area contributed by atoms with Crippen LogP contribution in [0, 0.1) is 10.1 Å². The summed E-state index contributed by atoms with van der Waals surface area (Å²) < 4.78 is 27.5. The Morgan fingerprint density at radius 2 is 2.04 bits per heavy atom. The minimum atomic E-state index is -4.04. The number of nitrogens with one attached hydrogen (secondary N) is 2. The van der Waals surface area contributed by atoms with Crippen LogP contribution in [0.1, 0.15) is 17.2 Å². The number of sulfonamides is 1. The molecule has 0 amide bonds. The molecule has 1 aliphatic rings. The van der Waals surface area contributed by atoms with E-state index < -0.39 is 25.5 Å². The van der Waals surface area contributed by atoms with Crippen molar-refractivity contribution >= 4 is 27.3 Å². The number of benzene rings is 2. The zero-order valence-corrected chi connectivity index (χ0v) is 14.7. The molecule has 25 heavy (non-hydrogen) atoms. The largest absolute Gasteiger partial charge is 0.308 e. The Balaban J connectivity index is 1.83. The number of halogens is 1. The zero-order chi connectivity index (χ0) is 18.0. The second-order valence-electron chi connectivity index (χ2n) is 5.68. The summed E-state index contributed by atoms with van der Waals surface area (Å²) in [6.45, 7) is 0.837. The average molecular weight is 382 g/mol. The van der Waals surface area contributed by atoms with Crippen molar-refractivity contribution in [3.63, 3.8) is 0 Å². The molecule has 1 heterocycles. The fraction of sp³-hybridized carbons (Fsp3) is 0.250. The molecule has 0 fully saturated rings. The number of rotatable bonds is 5. The molecule has 0 saturated heterocycles. The van der Waals surface area contributed by atoms with Crippen LogP contribution in [0.15, 0.2) is 47.4 Å². The van der Waals surface area contributed by atoms with Crippen LogP contribution >= 0.6 is 11.6 Å². The maximum atomic E-state index is 12.5. The van der Waals surface area contributed by atoms with Crippen molar-refractivity contribution in [3.8, 4) is 0 Å². The van der Waals surface area contributed by atoms with E-state index in [1.165, 1.54) is 11.6 Å². The molecule has 2 N–H and O–H groups in total. The lowest BCUT2D eigenvalue weighted by atomic mass is 9.95. The Hall–Kier alpha value is -2.00. The smallest absolute Gasteiger partial charge is 0.290 e. The molecular weight excluding hydrogens is 366 g/mol. The van der Waals surface area contributed by atoms with Crippen LogP contribution < -0.4 is 10.0 Å². The van der Waals surface area contributed by atoms with E-state index in [-0.39, 0.29) is 17.6 Å². The Bertz CT molecular complexity index is 917. The summed E-state index contributed by atoms with van der Waals surface area (Å²) in [5, 5.41) is 14.5. The van der Waals surface area contributed by atoms with Crippen molar-refractivity contribution < 1.29 is 13.3 Å². The zero-order valence-electron chi connectivity index (χ0n) is 13.1. The Morgan fingerprint density at radius 1 is 1.28 bits per heavy atom. The Kier molecular flexibility index (Phi) is 5.05. The first kappa shape index (κ1) is 17.8. The third kappa shape index (κ3) is 3.82. The maximum absolute atomic E-state index is 12.5. The van der Waals surface area contributed by atoms with Crippen LogP contribution in [0.25, 0.3) is 0 Å². The molecule has 0 bridgehead atoms. The SMILES string of the molecule is O=[N+]([O-])c1cc(Cl)ccc1S(=O)(=O)NCC1NCCc2ccccc21. The van der Waals surface area contributed by atoms with Gasteiger partial charge in [0, 0.05) is 23.7 Å².